The average Bonchev–Trinajstić information content (AvgIpc) is 1.88. The Morgan fingerprint density at radius 3 is 2.64 bits per heavy atom. The highest BCUT2D eigenvalue weighted by Crippen LogP contribution is 2.05. The minimum Gasteiger partial charge on any atom is -0.480 e. The van der Waals surface area contributed by atoms with Gasteiger partial charge in [-0.15, -0.1) is 0 Å². The van der Waals surface area contributed by atoms with Gasteiger partial charge in [0.1, 0.15) is 5.54 Å². The number of hydrogen-bond acceptors (Lipinski definition) is 3. The summed E-state index contributed by atoms with van der Waals surface area (Å²) in [5, 5.41) is 8.56. The van der Waals surface area contributed by atoms with Gasteiger partial charge in [0, 0.05) is 13.2 Å². The lowest BCUT2D eigenvalue weighted by Gasteiger charge is -2.18. The summed E-state index contributed by atoms with van der Waals surface area (Å²) in [5.74, 6) is -0.989. The van der Waals surface area contributed by atoms with Crippen molar-refractivity contribution >= 4 is 5.97 Å². The van der Waals surface area contributed by atoms with E-state index in [1.54, 1.807) is 0 Å². The number of nitrogens with two attached hydrogens (primary N) is 1. The van der Waals surface area contributed by atoms with E-state index in [1.165, 1.54) is 6.92 Å². The number of ether oxygens (including phenoxy) is 1. The number of carboxylic acids is 1. The fourth-order valence-electron chi connectivity index (χ4n) is 0.535. The Morgan fingerprint density at radius 2 is 2.27 bits per heavy atom. The van der Waals surface area contributed by atoms with E-state index in [-0.39, 0.29) is 0 Å². The molecular weight excluding hydrogens is 146 g/mol. The van der Waals surface area contributed by atoms with Gasteiger partial charge in [-0.3, -0.25) is 4.79 Å². The zero-order valence-corrected chi connectivity index (χ0v) is 6.96. The first-order valence-corrected chi connectivity index (χ1v) is 3.60. The van der Waals surface area contributed by atoms with Crippen molar-refractivity contribution in [1.82, 2.24) is 0 Å². The smallest absolute Gasteiger partial charge is 0.323 e. The minimum absolute atomic E-state index is 0.343. The number of carbonyl (C=O) groups is 1. The summed E-state index contributed by atoms with van der Waals surface area (Å²) in [4.78, 5) is 10.4. The van der Waals surface area contributed by atoms with Crippen LogP contribution in [0.5, 0.6) is 0 Å². The van der Waals surface area contributed by atoms with E-state index < -0.39 is 11.5 Å². The molecule has 4 heteroatoms. The summed E-state index contributed by atoms with van der Waals surface area (Å²) in [6.07, 6.45) is 0.343. The summed E-state index contributed by atoms with van der Waals surface area (Å²) < 4.78 is 4.98. The van der Waals surface area contributed by atoms with Crippen LogP contribution < -0.4 is 5.73 Å². The van der Waals surface area contributed by atoms with Gasteiger partial charge in [0.2, 0.25) is 0 Å². The molecule has 0 aromatic rings. The van der Waals surface area contributed by atoms with Gasteiger partial charge >= 0.3 is 5.97 Å². The summed E-state index contributed by atoms with van der Waals surface area (Å²) in [7, 11) is 0. The predicted molar refractivity (Wildman–Crippen MR) is 41.3 cm³/mol. The second-order valence-electron chi connectivity index (χ2n) is 2.67. The molecule has 3 N–H and O–H groups in total. The Hall–Kier alpha value is -0.610. The maximum Gasteiger partial charge on any atom is 0.323 e. The fourth-order valence-corrected chi connectivity index (χ4v) is 0.535. The molecule has 0 heterocycles. The molecule has 0 bridgehead atoms. The molecule has 0 radical (unpaired) electrons. The van der Waals surface area contributed by atoms with Crippen molar-refractivity contribution in [2.45, 2.75) is 25.8 Å². The Labute approximate surface area is 66.3 Å². The van der Waals surface area contributed by atoms with E-state index >= 15 is 0 Å². The molecule has 0 rings (SSSR count). The quantitative estimate of drug-likeness (QED) is 0.565. The maximum atomic E-state index is 10.4. The number of hydrogen-bond donors (Lipinski definition) is 2. The topological polar surface area (TPSA) is 72.5 Å². The van der Waals surface area contributed by atoms with E-state index in [9.17, 15) is 4.79 Å². The third kappa shape index (κ3) is 3.95. The third-order valence-electron chi connectivity index (χ3n) is 1.46. The van der Waals surface area contributed by atoms with Gasteiger partial charge in [-0.1, -0.05) is 0 Å². The molecule has 11 heavy (non-hydrogen) atoms. The van der Waals surface area contributed by atoms with E-state index in [4.69, 9.17) is 15.6 Å². The Bertz CT molecular complexity index is 134. The van der Waals surface area contributed by atoms with E-state index in [1.807, 2.05) is 6.92 Å². The van der Waals surface area contributed by atoms with Crippen LogP contribution >= 0.6 is 0 Å². The lowest BCUT2D eigenvalue weighted by molar-refractivity contribution is -0.143. The van der Waals surface area contributed by atoms with Gasteiger partial charge < -0.3 is 15.6 Å². The highest BCUT2D eigenvalue weighted by atomic mass is 16.5. The van der Waals surface area contributed by atoms with Gasteiger partial charge in [0.25, 0.3) is 0 Å². The highest BCUT2D eigenvalue weighted by molar-refractivity contribution is 5.77. The first kappa shape index (κ1) is 10.4. The molecule has 0 aliphatic carbocycles. The van der Waals surface area contributed by atoms with E-state index in [0.717, 1.165) is 0 Å². The zero-order chi connectivity index (χ0) is 8.91. The van der Waals surface area contributed by atoms with Crippen LogP contribution in [0.4, 0.5) is 0 Å². The van der Waals surface area contributed by atoms with Crippen molar-refractivity contribution < 1.29 is 14.6 Å². The van der Waals surface area contributed by atoms with Crippen molar-refractivity contribution in [3.8, 4) is 0 Å². The predicted octanol–water partition coefficient (Wildman–Crippen LogP) is 0.215. The molecule has 1 atom stereocenters. The molecule has 1 unspecified atom stereocenters. The molecule has 4 nitrogen and oxygen atoms in total. The molecule has 0 saturated heterocycles. The molecule has 0 spiro atoms. The van der Waals surface area contributed by atoms with Crippen LogP contribution in [0, 0.1) is 0 Å². The van der Waals surface area contributed by atoms with Gasteiger partial charge in [-0.2, -0.15) is 0 Å². The molecular formula is C7H15NO3. The van der Waals surface area contributed by atoms with E-state index in [2.05, 4.69) is 0 Å². The molecule has 66 valence electrons. The van der Waals surface area contributed by atoms with Crippen molar-refractivity contribution in [1.29, 1.82) is 0 Å². The first-order chi connectivity index (χ1) is 5.00. The molecule has 0 amide bonds. The van der Waals surface area contributed by atoms with Gasteiger partial charge in [0.15, 0.2) is 0 Å². The highest BCUT2D eigenvalue weighted by Gasteiger charge is 2.26. The van der Waals surface area contributed by atoms with Crippen LogP contribution in [-0.4, -0.2) is 29.8 Å². The minimum atomic E-state index is -1.16. The molecule has 0 aliphatic heterocycles. The largest absolute Gasteiger partial charge is 0.480 e. The Balaban J connectivity index is 3.64. The number of carboxylic acid groups (broad SMARTS) is 1. The van der Waals surface area contributed by atoms with Crippen molar-refractivity contribution in [2.75, 3.05) is 13.2 Å². The van der Waals surface area contributed by atoms with Gasteiger partial charge in [-0.05, 0) is 20.3 Å². The van der Waals surface area contributed by atoms with E-state index in [0.29, 0.717) is 19.6 Å². The monoisotopic (exact) mass is 161 g/mol. The van der Waals surface area contributed by atoms with Crippen LogP contribution in [-0.2, 0) is 9.53 Å². The summed E-state index contributed by atoms with van der Waals surface area (Å²) in [5.41, 5.74) is 4.26. The Morgan fingerprint density at radius 1 is 1.73 bits per heavy atom. The van der Waals surface area contributed by atoms with Crippen LogP contribution in [0.1, 0.15) is 20.3 Å². The summed E-state index contributed by atoms with van der Waals surface area (Å²) >= 11 is 0. The standard InChI is InChI=1S/C7H15NO3/c1-3-11-5-4-7(2,8)6(9)10/h3-5,8H2,1-2H3,(H,9,10). The van der Waals surface area contributed by atoms with Crippen LogP contribution in [0.3, 0.4) is 0 Å². The van der Waals surface area contributed by atoms with Crippen molar-refractivity contribution in [3.63, 3.8) is 0 Å². The van der Waals surface area contributed by atoms with Gasteiger partial charge in [0.05, 0.1) is 0 Å². The molecule has 0 fully saturated rings. The van der Waals surface area contributed by atoms with Gasteiger partial charge in [-0.25, -0.2) is 0 Å². The normalized spacial score (nSPS) is 15.9. The lowest BCUT2D eigenvalue weighted by Crippen LogP contribution is -2.45. The SMILES string of the molecule is CCOCCC(C)(N)C(=O)O. The van der Waals surface area contributed by atoms with Crippen LogP contribution in [0.15, 0.2) is 0 Å². The second-order valence-corrected chi connectivity index (χ2v) is 2.67. The molecule has 0 aliphatic rings. The lowest BCUT2D eigenvalue weighted by atomic mass is 10.0. The molecule has 0 aromatic heterocycles. The fraction of sp³-hybridized carbons (Fsp3) is 0.857. The Kier molecular flexibility index (Phi) is 4.07. The maximum absolute atomic E-state index is 10.4. The van der Waals surface area contributed by atoms with Crippen molar-refractivity contribution in [2.24, 2.45) is 5.73 Å². The molecule has 0 aromatic carbocycles. The summed E-state index contributed by atoms with van der Waals surface area (Å²) in [6, 6.07) is 0. The average molecular weight is 161 g/mol. The third-order valence-corrected chi connectivity index (χ3v) is 1.46. The zero-order valence-electron chi connectivity index (χ0n) is 6.96. The summed E-state index contributed by atoms with van der Waals surface area (Å²) in [6.45, 7) is 4.33. The number of aliphatic carboxylic acids is 1. The van der Waals surface area contributed by atoms with Crippen LogP contribution in [0.25, 0.3) is 0 Å². The first-order valence-electron chi connectivity index (χ1n) is 3.60. The van der Waals surface area contributed by atoms with Crippen molar-refractivity contribution in [3.05, 3.63) is 0 Å². The van der Waals surface area contributed by atoms with Crippen LogP contribution in [0.2, 0.25) is 0 Å². The second kappa shape index (κ2) is 4.31. The number of rotatable bonds is 5. The molecule has 0 saturated carbocycles.